The average molecular weight is 281 g/mol. The maximum atomic E-state index is 12.4. The van der Waals surface area contributed by atoms with Gasteiger partial charge in [-0.15, -0.1) is 11.6 Å². The Balaban J connectivity index is 2.06. The molecule has 2 atom stereocenters. The predicted molar refractivity (Wildman–Crippen MR) is 69.3 cm³/mol. The summed E-state index contributed by atoms with van der Waals surface area (Å²) in [4.78, 5) is 0. The first-order valence-corrected chi connectivity index (χ1v) is 8.23. The maximum Gasteiger partial charge on any atom is 0.282 e. The van der Waals surface area contributed by atoms with Crippen LogP contribution in [0.15, 0.2) is 0 Å². The molecule has 0 N–H and O–H groups in total. The Bertz CT molecular complexity index is 332. The van der Waals surface area contributed by atoms with Crippen molar-refractivity contribution in [1.82, 2.24) is 8.61 Å². The molecule has 2 rings (SSSR count). The van der Waals surface area contributed by atoms with Crippen LogP contribution in [0.3, 0.4) is 0 Å². The Morgan fingerprint density at radius 1 is 1.06 bits per heavy atom. The molecular weight excluding hydrogens is 260 g/mol. The van der Waals surface area contributed by atoms with Crippen LogP contribution in [0.2, 0.25) is 0 Å². The summed E-state index contributed by atoms with van der Waals surface area (Å²) < 4.78 is 28.0. The number of piperidine rings is 2. The van der Waals surface area contributed by atoms with Crippen LogP contribution in [0.4, 0.5) is 0 Å². The molecule has 6 heteroatoms. The van der Waals surface area contributed by atoms with E-state index >= 15 is 0 Å². The number of hydrogen-bond donors (Lipinski definition) is 0. The fourth-order valence-electron chi connectivity index (χ4n) is 2.62. The molecule has 2 aliphatic rings. The number of hydrogen-bond acceptors (Lipinski definition) is 2. The van der Waals surface area contributed by atoms with Crippen LogP contribution in [0.1, 0.15) is 32.6 Å². The van der Waals surface area contributed by atoms with Crippen molar-refractivity contribution in [3.05, 3.63) is 0 Å². The third-order valence-electron chi connectivity index (χ3n) is 3.60. The van der Waals surface area contributed by atoms with Gasteiger partial charge in [0.25, 0.3) is 10.2 Å². The molecule has 2 fully saturated rings. The molecule has 2 saturated heterocycles. The number of rotatable bonds is 2. The predicted octanol–water partition coefficient (Wildman–Crippen LogP) is 1.67. The lowest BCUT2D eigenvalue weighted by Crippen LogP contribution is -2.50. The fourth-order valence-corrected chi connectivity index (χ4v) is 4.88. The number of halogens is 1. The topological polar surface area (TPSA) is 40.6 Å². The second-order valence-corrected chi connectivity index (χ2v) is 7.76. The van der Waals surface area contributed by atoms with Crippen molar-refractivity contribution in [3.8, 4) is 0 Å². The van der Waals surface area contributed by atoms with E-state index in [1.54, 1.807) is 8.61 Å². The molecule has 0 saturated carbocycles. The first kappa shape index (κ1) is 13.6. The lowest BCUT2D eigenvalue weighted by atomic mass is 10.0. The highest BCUT2D eigenvalue weighted by molar-refractivity contribution is 7.86. The molecule has 0 aromatic heterocycles. The molecule has 0 aliphatic carbocycles. The first-order valence-electron chi connectivity index (χ1n) is 6.39. The van der Waals surface area contributed by atoms with Gasteiger partial charge in [0.2, 0.25) is 0 Å². The highest BCUT2D eigenvalue weighted by Crippen LogP contribution is 2.24. The summed E-state index contributed by atoms with van der Waals surface area (Å²) in [7, 11) is -3.27. The van der Waals surface area contributed by atoms with E-state index in [0.29, 0.717) is 32.1 Å². The minimum atomic E-state index is -3.27. The molecule has 0 aromatic carbocycles. The van der Waals surface area contributed by atoms with Crippen molar-refractivity contribution in [2.45, 2.75) is 38.0 Å². The molecule has 0 radical (unpaired) electrons. The van der Waals surface area contributed by atoms with E-state index in [1.165, 1.54) is 0 Å². The van der Waals surface area contributed by atoms with E-state index in [0.717, 1.165) is 25.7 Å². The normalized spacial score (nSPS) is 33.8. The van der Waals surface area contributed by atoms with E-state index in [9.17, 15) is 8.42 Å². The van der Waals surface area contributed by atoms with Gasteiger partial charge in [-0.3, -0.25) is 0 Å². The van der Waals surface area contributed by atoms with Gasteiger partial charge in [-0.05, 0) is 31.6 Å². The van der Waals surface area contributed by atoms with Gasteiger partial charge in [0.05, 0.1) is 0 Å². The van der Waals surface area contributed by atoms with Crippen molar-refractivity contribution < 1.29 is 8.42 Å². The lowest BCUT2D eigenvalue weighted by molar-refractivity contribution is 0.248. The zero-order chi connectivity index (χ0) is 12.5. The van der Waals surface area contributed by atoms with E-state index < -0.39 is 10.2 Å². The molecule has 0 spiro atoms. The maximum absolute atomic E-state index is 12.4. The third-order valence-corrected chi connectivity index (χ3v) is 5.92. The van der Waals surface area contributed by atoms with Gasteiger partial charge in [0.15, 0.2) is 0 Å². The van der Waals surface area contributed by atoms with E-state index in [1.807, 2.05) is 0 Å². The summed E-state index contributed by atoms with van der Waals surface area (Å²) in [5, 5.41) is -0.0271. The van der Waals surface area contributed by atoms with Crippen LogP contribution >= 0.6 is 11.6 Å². The zero-order valence-electron chi connectivity index (χ0n) is 10.3. The monoisotopic (exact) mass is 280 g/mol. The molecule has 0 bridgehead atoms. The molecule has 0 aromatic rings. The Labute approximate surface area is 109 Å². The minimum absolute atomic E-state index is 0.0271. The van der Waals surface area contributed by atoms with Crippen LogP contribution in [-0.4, -0.2) is 48.6 Å². The Morgan fingerprint density at radius 3 is 2.24 bits per heavy atom. The Hall–Kier alpha value is 0.160. The summed E-state index contributed by atoms with van der Waals surface area (Å²) in [5.74, 6) is 0.468. The second kappa shape index (κ2) is 5.43. The van der Waals surface area contributed by atoms with Crippen LogP contribution in [-0.2, 0) is 10.2 Å². The van der Waals surface area contributed by atoms with Gasteiger partial charge in [0.1, 0.15) is 0 Å². The largest absolute Gasteiger partial charge is 0.282 e. The summed E-state index contributed by atoms with van der Waals surface area (Å²) in [5.41, 5.74) is 0. The van der Waals surface area contributed by atoms with E-state index in [-0.39, 0.29) is 5.38 Å². The lowest BCUT2D eigenvalue weighted by Gasteiger charge is -2.36. The van der Waals surface area contributed by atoms with Crippen LogP contribution in [0.25, 0.3) is 0 Å². The SMILES string of the molecule is CC1CCCN(S(=O)(=O)N2CCCC(Cl)C2)C1. The highest BCUT2D eigenvalue weighted by Gasteiger charge is 2.34. The van der Waals surface area contributed by atoms with Crippen molar-refractivity contribution >= 4 is 21.8 Å². The van der Waals surface area contributed by atoms with Gasteiger partial charge in [-0.2, -0.15) is 17.0 Å². The molecule has 2 unspecified atom stereocenters. The zero-order valence-corrected chi connectivity index (χ0v) is 11.9. The molecule has 4 nitrogen and oxygen atoms in total. The van der Waals surface area contributed by atoms with Crippen molar-refractivity contribution in [1.29, 1.82) is 0 Å². The van der Waals surface area contributed by atoms with Crippen LogP contribution in [0, 0.1) is 5.92 Å². The standard InChI is InChI=1S/C11H21ClN2O2S/c1-10-4-2-6-13(8-10)17(15,16)14-7-3-5-11(12)9-14/h10-11H,2-9H2,1H3. The van der Waals surface area contributed by atoms with Crippen molar-refractivity contribution in [2.75, 3.05) is 26.2 Å². The van der Waals surface area contributed by atoms with E-state index in [2.05, 4.69) is 6.92 Å². The van der Waals surface area contributed by atoms with Crippen LogP contribution in [0.5, 0.6) is 0 Å². The van der Waals surface area contributed by atoms with Gasteiger partial charge in [0, 0.05) is 31.6 Å². The molecule has 100 valence electrons. The van der Waals surface area contributed by atoms with Gasteiger partial charge in [-0.25, -0.2) is 0 Å². The summed E-state index contributed by atoms with van der Waals surface area (Å²) in [6.45, 7) is 4.52. The Kier molecular flexibility index (Phi) is 4.34. The smallest absolute Gasteiger partial charge is 0.195 e. The Morgan fingerprint density at radius 2 is 1.65 bits per heavy atom. The molecule has 2 heterocycles. The summed E-state index contributed by atoms with van der Waals surface area (Å²) >= 11 is 6.06. The molecular formula is C11H21ClN2O2S. The minimum Gasteiger partial charge on any atom is -0.195 e. The number of nitrogens with zero attached hydrogens (tertiary/aromatic N) is 2. The van der Waals surface area contributed by atoms with Crippen molar-refractivity contribution in [3.63, 3.8) is 0 Å². The molecule has 2 aliphatic heterocycles. The molecule has 17 heavy (non-hydrogen) atoms. The van der Waals surface area contributed by atoms with Crippen LogP contribution < -0.4 is 0 Å². The quantitative estimate of drug-likeness (QED) is 0.722. The van der Waals surface area contributed by atoms with E-state index in [4.69, 9.17) is 11.6 Å². The van der Waals surface area contributed by atoms with Gasteiger partial charge < -0.3 is 0 Å². The fraction of sp³-hybridized carbons (Fsp3) is 1.00. The first-order chi connectivity index (χ1) is 8.00. The van der Waals surface area contributed by atoms with Crippen molar-refractivity contribution in [2.24, 2.45) is 5.92 Å². The highest BCUT2D eigenvalue weighted by atomic mass is 35.5. The van der Waals surface area contributed by atoms with Gasteiger partial charge in [-0.1, -0.05) is 6.92 Å². The summed E-state index contributed by atoms with van der Waals surface area (Å²) in [6, 6.07) is 0. The number of alkyl halides is 1. The van der Waals surface area contributed by atoms with Gasteiger partial charge >= 0.3 is 0 Å². The summed E-state index contributed by atoms with van der Waals surface area (Å²) in [6.07, 6.45) is 3.89. The third kappa shape index (κ3) is 3.13. The second-order valence-electron chi connectivity index (χ2n) is 5.21. The molecule has 0 amide bonds. The average Bonchev–Trinajstić information content (AvgIpc) is 2.29.